The maximum atomic E-state index is 13.2. The molecular weight excluding hydrogens is 394 g/mol. The molecule has 1 atom stereocenters. The summed E-state index contributed by atoms with van der Waals surface area (Å²) in [7, 11) is 1.55. The quantitative estimate of drug-likeness (QED) is 0.690. The van der Waals surface area contributed by atoms with Gasteiger partial charge in [-0.15, -0.1) is 0 Å². The molecule has 1 aliphatic rings. The van der Waals surface area contributed by atoms with Crippen LogP contribution in [0.4, 0.5) is 5.69 Å². The predicted molar refractivity (Wildman–Crippen MR) is 120 cm³/mol. The summed E-state index contributed by atoms with van der Waals surface area (Å²) in [5.74, 6) is -0.670. The van der Waals surface area contributed by atoms with Crippen LogP contribution < -0.4 is 14.4 Å². The number of hydrogen-bond donors (Lipinski definition) is 1. The number of ether oxygens (including phenoxy) is 2. The predicted octanol–water partition coefficient (Wildman–Crippen LogP) is 4.84. The number of rotatable bonds is 7. The zero-order chi connectivity index (χ0) is 22.9. The average Bonchev–Trinajstić information content (AvgIpc) is 2.98. The van der Waals surface area contributed by atoms with Crippen LogP contribution in [0.15, 0.2) is 47.7 Å². The second kappa shape index (κ2) is 8.84. The summed E-state index contributed by atoms with van der Waals surface area (Å²) < 4.78 is 11.1. The van der Waals surface area contributed by atoms with Gasteiger partial charge in [0.2, 0.25) is 0 Å². The number of anilines is 1. The fourth-order valence-electron chi connectivity index (χ4n) is 3.94. The largest absolute Gasteiger partial charge is 0.503 e. The molecule has 6 nitrogen and oxygen atoms in total. The van der Waals surface area contributed by atoms with Crippen LogP contribution in [-0.4, -0.2) is 30.5 Å². The summed E-state index contributed by atoms with van der Waals surface area (Å²) in [6, 6.07) is 10.3. The summed E-state index contributed by atoms with van der Waals surface area (Å²) in [5, 5.41) is 10.8. The average molecular weight is 424 g/mol. The van der Waals surface area contributed by atoms with E-state index in [0.29, 0.717) is 29.4 Å². The van der Waals surface area contributed by atoms with E-state index in [1.165, 1.54) is 4.90 Å². The molecule has 1 amide bonds. The number of amides is 1. The first-order valence-corrected chi connectivity index (χ1v) is 10.4. The number of benzene rings is 2. The number of aliphatic hydroxyl groups is 1. The zero-order valence-electron chi connectivity index (χ0n) is 18.9. The van der Waals surface area contributed by atoms with E-state index in [2.05, 4.69) is 0 Å². The minimum absolute atomic E-state index is 0.104. The number of carbonyl (C=O) groups excluding carboxylic acids is 2. The maximum Gasteiger partial charge on any atom is 0.294 e. The van der Waals surface area contributed by atoms with Crippen LogP contribution in [-0.2, 0) is 9.59 Å². The van der Waals surface area contributed by atoms with Gasteiger partial charge in [-0.1, -0.05) is 37.6 Å². The summed E-state index contributed by atoms with van der Waals surface area (Å²) >= 11 is 0. The molecule has 0 aliphatic carbocycles. The monoisotopic (exact) mass is 423 g/mol. The second-order valence-electron chi connectivity index (χ2n) is 7.99. The van der Waals surface area contributed by atoms with E-state index >= 15 is 0 Å². The lowest BCUT2D eigenvalue weighted by Gasteiger charge is -2.29. The molecule has 0 aromatic heterocycles. The van der Waals surface area contributed by atoms with Gasteiger partial charge >= 0.3 is 0 Å². The first-order chi connectivity index (χ1) is 14.7. The van der Waals surface area contributed by atoms with Crippen molar-refractivity contribution in [3.63, 3.8) is 0 Å². The second-order valence-corrected chi connectivity index (χ2v) is 7.99. The Kier molecular flexibility index (Phi) is 6.39. The van der Waals surface area contributed by atoms with Crippen molar-refractivity contribution in [2.75, 3.05) is 18.6 Å². The van der Waals surface area contributed by atoms with Gasteiger partial charge in [0.1, 0.15) is 0 Å². The third-order valence-electron chi connectivity index (χ3n) is 5.41. The van der Waals surface area contributed by atoms with E-state index in [-0.39, 0.29) is 17.3 Å². The molecular formula is C25H29NO5. The number of ketones is 1. The van der Waals surface area contributed by atoms with Crippen LogP contribution >= 0.6 is 0 Å². The lowest BCUT2D eigenvalue weighted by atomic mass is 9.90. The highest BCUT2D eigenvalue weighted by molar-refractivity contribution is 6.17. The molecule has 0 fully saturated rings. The molecule has 3 rings (SSSR count). The van der Waals surface area contributed by atoms with E-state index in [9.17, 15) is 14.7 Å². The summed E-state index contributed by atoms with van der Waals surface area (Å²) in [5.41, 5.74) is 3.34. The van der Waals surface area contributed by atoms with Gasteiger partial charge < -0.3 is 14.6 Å². The third kappa shape index (κ3) is 4.02. The minimum atomic E-state index is -0.770. The molecule has 0 radical (unpaired) electrons. The Morgan fingerprint density at radius 2 is 1.84 bits per heavy atom. The fourth-order valence-corrected chi connectivity index (χ4v) is 3.94. The van der Waals surface area contributed by atoms with E-state index in [4.69, 9.17) is 9.47 Å². The molecule has 2 aromatic rings. The van der Waals surface area contributed by atoms with Crippen LogP contribution in [0.2, 0.25) is 0 Å². The summed E-state index contributed by atoms with van der Waals surface area (Å²) in [6.07, 6.45) is 0. The van der Waals surface area contributed by atoms with Crippen LogP contribution in [0.1, 0.15) is 43.5 Å². The van der Waals surface area contributed by atoms with Crippen molar-refractivity contribution >= 4 is 17.4 Å². The standard InChI is InChI=1S/C25H29NO5/c1-7-31-20-13-17(9-11-19(20)30-6)22-21(23(27)14(2)3)24(28)25(29)26(22)18-10-8-15(4)12-16(18)5/h8-14,22,28H,7H2,1-6H3. The van der Waals surface area contributed by atoms with Crippen LogP contribution in [0.3, 0.4) is 0 Å². The normalized spacial score (nSPS) is 16.3. The molecule has 6 heteroatoms. The highest BCUT2D eigenvalue weighted by atomic mass is 16.5. The van der Waals surface area contributed by atoms with E-state index in [0.717, 1.165) is 11.1 Å². The van der Waals surface area contributed by atoms with Gasteiger partial charge in [-0.2, -0.15) is 0 Å². The third-order valence-corrected chi connectivity index (χ3v) is 5.41. The molecule has 0 saturated carbocycles. The number of Topliss-reactive ketones (excluding diaryl/α,β-unsaturated/α-hetero) is 1. The SMILES string of the molecule is CCOc1cc(C2C(C(=O)C(C)C)=C(O)C(=O)N2c2ccc(C)cc2C)ccc1OC. The lowest BCUT2D eigenvalue weighted by Crippen LogP contribution is -2.32. The van der Waals surface area contributed by atoms with Gasteiger partial charge in [0.15, 0.2) is 23.0 Å². The Hall–Kier alpha value is -3.28. The van der Waals surface area contributed by atoms with Gasteiger partial charge in [0.05, 0.1) is 25.3 Å². The summed E-state index contributed by atoms with van der Waals surface area (Å²) in [4.78, 5) is 27.8. The molecule has 31 heavy (non-hydrogen) atoms. The van der Waals surface area contributed by atoms with Crippen molar-refractivity contribution in [2.45, 2.75) is 40.7 Å². The van der Waals surface area contributed by atoms with Crippen LogP contribution in [0, 0.1) is 19.8 Å². The molecule has 164 valence electrons. The Morgan fingerprint density at radius 1 is 1.13 bits per heavy atom. The number of aliphatic hydroxyl groups excluding tert-OH is 1. The molecule has 0 bridgehead atoms. The number of methoxy groups -OCH3 is 1. The van der Waals surface area contributed by atoms with Gasteiger partial charge in [0, 0.05) is 11.6 Å². The van der Waals surface area contributed by atoms with Crippen LogP contribution in [0.5, 0.6) is 11.5 Å². The van der Waals surface area contributed by atoms with E-state index in [1.807, 2.05) is 39.0 Å². The Labute approximate surface area is 183 Å². The molecule has 0 spiro atoms. The Bertz CT molecular complexity index is 1050. The smallest absolute Gasteiger partial charge is 0.294 e. The van der Waals surface area contributed by atoms with Crippen molar-refractivity contribution in [3.05, 3.63) is 64.4 Å². The van der Waals surface area contributed by atoms with Gasteiger partial charge in [-0.05, 0) is 50.1 Å². The van der Waals surface area contributed by atoms with Gasteiger partial charge in [-0.25, -0.2) is 0 Å². The number of carbonyl (C=O) groups is 2. The number of aryl methyl sites for hydroxylation is 2. The highest BCUT2D eigenvalue weighted by Crippen LogP contribution is 2.44. The summed E-state index contributed by atoms with van der Waals surface area (Å²) in [6.45, 7) is 9.69. The van der Waals surface area contributed by atoms with Crippen molar-refractivity contribution in [3.8, 4) is 11.5 Å². The minimum Gasteiger partial charge on any atom is -0.503 e. The number of nitrogens with zero attached hydrogens (tertiary/aromatic N) is 1. The maximum absolute atomic E-state index is 13.2. The van der Waals surface area contributed by atoms with Crippen LogP contribution in [0.25, 0.3) is 0 Å². The topological polar surface area (TPSA) is 76.1 Å². The first kappa shape index (κ1) is 22.4. The molecule has 1 aliphatic heterocycles. The molecule has 0 saturated heterocycles. The van der Waals surface area contributed by atoms with E-state index in [1.54, 1.807) is 39.2 Å². The van der Waals surface area contributed by atoms with Crippen molar-refractivity contribution < 1.29 is 24.2 Å². The fraction of sp³-hybridized carbons (Fsp3) is 0.360. The lowest BCUT2D eigenvalue weighted by molar-refractivity contribution is -0.119. The van der Waals surface area contributed by atoms with Crippen molar-refractivity contribution in [1.82, 2.24) is 0 Å². The van der Waals surface area contributed by atoms with Crippen molar-refractivity contribution in [2.24, 2.45) is 5.92 Å². The highest BCUT2D eigenvalue weighted by Gasteiger charge is 2.45. The zero-order valence-corrected chi connectivity index (χ0v) is 18.9. The Morgan fingerprint density at radius 3 is 2.42 bits per heavy atom. The van der Waals surface area contributed by atoms with Gasteiger partial charge in [0.25, 0.3) is 5.91 Å². The molecule has 2 aromatic carbocycles. The molecule has 1 heterocycles. The Balaban J connectivity index is 2.24. The van der Waals surface area contributed by atoms with Gasteiger partial charge in [-0.3, -0.25) is 14.5 Å². The van der Waals surface area contributed by atoms with E-state index < -0.39 is 17.7 Å². The molecule has 1 unspecified atom stereocenters. The number of hydrogen-bond acceptors (Lipinski definition) is 5. The van der Waals surface area contributed by atoms with Crippen molar-refractivity contribution in [1.29, 1.82) is 0 Å². The first-order valence-electron chi connectivity index (χ1n) is 10.4. The molecule has 1 N–H and O–H groups in total.